The molecule has 4 nitrogen and oxygen atoms in total. The molecule has 2 aromatic rings. The van der Waals surface area contributed by atoms with Gasteiger partial charge < -0.3 is 14.6 Å². The van der Waals surface area contributed by atoms with Gasteiger partial charge in [-0.05, 0) is 12.1 Å². The maximum absolute atomic E-state index is 5.90. The SMILES string of the molecule is COCCNCc1cn(Cc2ccc(Cl)s2)cn1. The van der Waals surface area contributed by atoms with E-state index in [2.05, 4.69) is 14.9 Å². The van der Waals surface area contributed by atoms with E-state index in [1.54, 1.807) is 18.4 Å². The van der Waals surface area contributed by atoms with E-state index >= 15 is 0 Å². The summed E-state index contributed by atoms with van der Waals surface area (Å²) in [6.07, 6.45) is 3.90. The van der Waals surface area contributed by atoms with E-state index < -0.39 is 0 Å². The maximum Gasteiger partial charge on any atom is 0.0953 e. The summed E-state index contributed by atoms with van der Waals surface area (Å²) in [6.45, 7) is 3.14. The van der Waals surface area contributed by atoms with Gasteiger partial charge in [-0.15, -0.1) is 11.3 Å². The highest BCUT2D eigenvalue weighted by molar-refractivity contribution is 7.16. The number of imidazole rings is 1. The summed E-state index contributed by atoms with van der Waals surface area (Å²) >= 11 is 7.50. The molecule has 0 saturated heterocycles. The molecule has 0 spiro atoms. The summed E-state index contributed by atoms with van der Waals surface area (Å²) in [5.74, 6) is 0. The number of hydrogen-bond acceptors (Lipinski definition) is 4. The topological polar surface area (TPSA) is 39.1 Å². The molecule has 0 aliphatic rings. The van der Waals surface area contributed by atoms with Gasteiger partial charge in [0.2, 0.25) is 0 Å². The second-order valence-electron chi connectivity index (χ2n) is 3.91. The molecule has 0 fully saturated rings. The van der Waals surface area contributed by atoms with Crippen LogP contribution in [-0.2, 0) is 17.8 Å². The molecule has 0 aliphatic heterocycles. The van der Waals surface area contributed by atoms with Crippen molar-refractivity contribution in [1.29, 1.82) is 0 Å². The summed E-state index contributed by atoms with van der Waals surface area (Å²) in [6, 6.07) is 3.97. The molecule has 0 radical (unpaired) electrons. The van der Waals surface area contributed by atoms with Crippen molar-refractivity contribution in [2.24, 2.45) is 0 Å². The number of nitrogens with zero attached hydrogens (tertiary/aromatic N) is 2. The molecular formula is C12H16ClN3OS. The van der Waals surface area contributed by atoms with Gasteiger partial charge in [-0.25, -0.2) is 4.98 Å². The molecular weight excluding hydrogens is 270 g/mol. The number of ether oxygens (including phenoxy) is 1. The first kappa shape index (κ1) is 13.5. The molecule has 0 aliphatic carbocycles. The first-order chi connectivity index (χ1) is 8.78. The molecule has 98 valence electrons. The van der Waals surface area contributed by atoms with Gasteiger partial charge in [0.1, 0.15) is 0 Å². The summed E-state index contributed by atoms with van der Waals surface area (Å²) in [7, 11) is 1.70. The third-order valence-electron chi connectivity index (χ3n) is 2.44. The number of nitrogens with one attached hydrogen (secondary N) is 1. The normalized spacial score (nSPS) is 11.0. The minimum Gasteiger partial charge on any atom is -0.383 e. The Bertz CT molecular complexity index is 483. The average molecular weight is 286 g/mol. The molecule has 0 bridgehead atoms. The summed E-state index contributed by atoms with van der Waals surface area (Å²) < 4.78 is 7.86. The number of halogens is 1. The van der Waals surface area contributed by atoms with Crippen molar-refractivity contribution in [3.8, 4) is 0 Å². The fraction of sp³-hybridized carbons (Fsp3) is 0.417. The minimum absolute atomic E-state index is 0.717. The van der Waals surface area contributed by atoms with E-state index in [-0.39, 0.29) is 0 Å². The van der Waals surface area contributed by atoms with E-state index in [1.165, 1.54) is 4.88 Å². The Balaban J connectivity index is 1.82. The van der Waals surface area contributed by atoms with Crippen LogP contribution in [0.25, 0.3) is 0 Å². The zero-order chi connectivity index (χ0) is 12.8. The molecule has 2 heterocycles. The molecule has 1 N–H and O–H groups in total. The van der Waals surface area contributed by atoms with Crippen LogP contribution in [0.5, 0.6) is 0 Å². The number of methoxy groups -OCH3 is 1. The van der Waals surface area contributed by atoms with Crippen molar-refractivity contribution in [3.05, 3.63) is 39.6 Å². The van der Waals surface area contributed by atoms with Crippen LogP contribution in [0.2, 0.25) is 4.34 Å². The lowest BCUT2D eigenvalue weighted by molar-refractivity contribution is 0.199. The zero-order valence-corrected chi connectivity index (χ0v) is 11.8. The Hall–Kier alpha value is -0.880. The molecule has 0 saturated carbocycles. The van der Waals surface area contributed by atoms with Crippen LogP contribution in [0.15, 0.2) is 24.7 Å². The van der Waals surface area contributed by atoms with Crippen molar-refractivity contribution in [3.63, 3.8) is 0 Å². The van der Waals surface area contributed by atoms with Crippen LogP contribution < -0.4 is 5.32 Å². The lowest BCUT2D eigenvalue weighted by Gasteiger charge is -2.01. The van der Waals surface area contributed by atoms with Gasteiger partial charge >= 0.3 is 0 Å². The quantitative estimate of drug-likeness (QED) is 0.794. The molecule has 0 atom stereocenters. The Labute approximate surface area is 116 Å². The van der Waals surface area contributed by atoms with Gasteiger partial charge in [0.15, 0.2) is 0 Å². The zero-order valence-electron chi connectivity index (χ0n) is 10.2. The molecule has 0 amide bonds. The Morgan fingerprint density at radius 1 is 1.50 bits per heavy atom. The minimum atomic E-state index is 0.717. The lowest BCUT2D eigenvalue weighted by atomic mass is 10.4. The Kier molecular flexibility index (Phi) is 5.19. The predicted octanol–water partition coefficient (Wildman–Crippen LogP) is 2.38. The third kappa shape index (κ3) is 4.10. The highest BCUT2D eigenvalue weighted by atomic mass is 35.5. The standard InChI is InChI=1S/C12H16ClN3OS/c1-17-5-4-14-6-10-7-16(9-15-10)8-11-2-3-12(13)18-11/h2-3,7,9,14H,4-6,8H2,1H3. The number of rotatable bonds is 7. The van der Waals surface area contributed by atoms with Crippen molar-refractivity contribution < 1.29 is 4.74 Å². The first-order valence-electron chi connectivity index (χ1n) is 5.72. The highest BCUT2D eigenvalue weighted by Crippen LogP contribution is 2.22. The average Bonchev–Trinajstić information content (AvgIpc) is 2.95. The maximum atomic E-state index is 5.90. The molecule has 6 heteroatoms. The highest BCUT2D eigenvalue weighted by Gasteiger charge is 2.02. The van der Waals surface area contributed by atoms with Crippen molar-refractivity contribution in [2.45, 2.75) is 13.1 Å². The van der Waals surface area contributed by atoms with Crippen LogP contribution in [0, 0.1) is 0 Å². The fourth-order valence-electron chi connectivity index (χ4n) is 1.59. The van der Waals surface area contributed by atoms with Gasteiger partial charge in [0.25, 0.3) is 0 Å². The fourth-order valence-corrected chi connectivity index (χ4v) is 2.69. The monoisotopic (exact) mass is 285 g/mol. The smallest absolute Gasteiger partial charge is 0.0953 e. The van der Waals surface area contributed by atoms with E-state index in [0.29, 0.717) is 6.61 Å². The summed E-state index contributed by atoms with van der Waals surface area (Å²) in [4.78, 5) is 5.58. The first-order valence-corrected chi connectivity index (χ1v) is 6.92. The molecule has 0 unspecified atom stereocenters. The van der Waals surface area contributed by atoms with Crippen LogP contribution in [0.3, 0.4) is 0 Å². The second kappa shape index (κ2) is 6.89. The van der Waals surface area contributed by atoms with Crippen molar-refractivity contribution in [2.75, 3.05) is 20.3 Å². The van der Waals surface area contributed by atoms with E-state index in [0.717, 1.165) is 29.7 Å². The molecule has 0 aromatic carbocycles. The van der Waals surface area contributed by atoms with Crippen LogP contribution in [0.4, 0.5) is 0 Å². The van der Waals surface area contributed by atoms with Gasteiger partial charge in [0, 0.05) is 31.3 Å². The third-order valence-corrected chi connectivity index (χ3v) is 3.66. The summed E-state index contributed by atoms with van der Waals surface area (Å²) in [5.41, 5.74) is 1.04. The van der Waals surface area contributed by atoms with Crippen LogP contribution >= 0.6 is 22.9 Å². The Morgan fingerprint density at radius 2 is 2.39 bits per heavy atom. The number of aromatic nitrogens is 2. The molecule has 2 aromatic heterocycles. The molecule has 18 heavy (non-hydrogen) atoms. The second-order valence-corrected chi connectivity index (χ2v) is 5.71. The van der Waals surface area contributed by atoms with E-state index in [9.17, 15) is 0 Å². The van der Waals surface area contributed by atoms with Gasteiger partial charge in [-0.2, -0.15) is 0 Å². The van der Waals surface area contributed by atoms with Crippen molar-refractivity contribution >= 4 is 22.9 Å². The van der Waals surface area contributed by atoms with E-state index in [4.69, 9.17) is 16.3 Å². The van der Waals surface area contributed by atoms with E-state index in [1.807, 2.05) is 24.7 Å². The van der Waals surface area contributed by atoms with Crippen LogP contribution in [0.1, 0.15) is 10.6 Å². The predicted molar refractivity (Wildman–Crippen MR) is 74.2 cm³/mol. The number of hydrogen-bond donors (Lipinski definition) is 1. The summed E-state index contributed by atoms with van der Waals surface area (Å²) in [5, 5.41) is 3.26. The van der Waals surface area contributed by atoms with Crippen LogP contribution in [-0.4, -0.2) is 29.8 Å². The molecule has 2 rings (SSSR count). The van der Waals surface area contributed by atoms with Gasteiger partial charge in [-0.3, -0.25) is 0 Å². The largest absolute Gasteiger partial charge is 0.383 e. The van der Waals surface area contributed by atoms with Gasteiger partial charge in [-0.1, -0.05) is 11.6 Å². The Morgan fingerprint density at radius 3 is 3.11 bits per heavy atom. The van der Waals surface area contributed by atoms with Crippen molar-refractivity contribution in [1.82, 2.24) is 14.9 Å². The number of thiophene rings is 1. The lowest BCUT2D eigenvalue weighted by Crippen LogP contribution is -2.18. The van der Waals surface area contributed by atoms with Gasteiger partial charge in [0.05, 0.1) is 29.5 Å².